The van der Waals surface area contributed by atoms with Gasteiger partial charge >= 0.3 is 0 Å². The maximum Gasteiger partial charge on any atom is 0.252 e. The predicted octanol–water partition coefficient (Wildman–Crippen LogP) is 2.67. The fraction of sp³-hybridized carbons (Fsp3) is 0.200. The number of carbonyl (C=O) groups excluding carboxylic acids is 1. The first kappa shape index (κ1) is 14.6. The molecule has 3 rings (SSSR count). The molecule has 0 aliphatic carbocycles. The van der Waals surface area contributed by atoms with Crippen molar-refractivity contribution in [1.29, 1.82) is 0 Å². The second-order valence-corrected chi connectivity index (χ2v) is 5.37. The van der Waals surface area contributed by atoms with Gasteiger partial charge in [-0.05, 0) is 25.1 Å². The summed E-state index contributed by atoms with van der Waals surface area (Å²) in [5.74, 6) is -0.787. The Labute approximate surface area is 131 Å². The lowest BCUT2D eigenvalue weighted by Crippen LogP contribution is -2.27. The molecule has 7 heteroatoms. The molecule has 2 heterocycles. The van der Waals surface area contributed by atoms with E-state index in [1.54, 1.807) is 4.52 Å². The van der Waals surface area contributed by atoms with E-state index >= 15 is 0 Å². The smallest absolute Gasteiger partial charge is 0.252 e. The van der Waals surface area contributed by atoms with Gasteiger partial charge in [-0.3, -0.25) is 4.79 Å². The normalized spacial score (nSPS) is 11.0. The molecule has 2 aromatic heterocycles. The van der Waals surface area contributed by atoms with Crippen molar-refractivity contribution in [3.8, 4) is 0 Å². The molecule has 0 bridgehead atoms. The van der Waals surface area contributed by atoms with Crippen LogP contribution in [0, 0.1) is 12.7 Å². The summed E-state index contributed by atoms with van der Waals surface area (Å²) in [6.45, 7) is 2.96. The van der Waals surface area contributed by atoms with Gasteiger partial charge in [-0.2, -0.15) is 5.10 Å². The van der Waals surface area contributed by atoms with Gasteiger partial charge < -0.3 is 9.88 Å². The highest BCUT2D eigenvalue weighted by Crippen LogP contribution is 2.17. The topological polar surface area (TPSA) is 51.3 Å². The molecule has 114 valence electrons. The van der Waals surface area contributed by atoms with Crippen molar-refractivity contribution in [2.45, 2.75) is 13.5 Å². The Hall–Kier alpha value is -2.34. The molecule has 1 aromatic carbocycles. The number of aryl methyl sites for hydroxylation is 1. The minimum atomic E-state index is -0.465. The van der Waals surface area contributed by atoms with Gasteiger partial charge in [0.1, 0.15) is 11.5 Å². The van der Waals surface area contributed by atoms with Crippen molar-refractivity contribution >= 4 is 23.2 Å². The van der Waals surface area contributed by atoms with Crippen LogP contribution in [0.4, 0.5) is 4.39 Å². The summed E-state index contributed by atoms with van der Waals surface area (Å²) in [5.41, 5.74) is 2.17. The van der Waals surface area contributed by atoms with E-state index in [4.69, 9.17) is 11.6 Å². The molecule has 0 aliphatic heterocycles. The summed E-state index contributed by atoms with van der Waals surface area (Å²) < 4.78 is 16.7. The van der Waals surface area contributed by atoms with Crippen molar-refractivity contribution < 1.29 is 9.18 Å². The number of nitrogens with zero attached hydrogens (tertiary/aromatic N) is 3. The fourth-order valence-corrected chi connectivity index (χ4v) is 2.55. The molecule has 1 amide bonds. The van der Waals surface area contributed by atoms with Crippen LogP contribution in [0.1, 0.15) is 16.1 Å². The average molecular weight is 321 g/mol. The summed E-state index contributed by atoms with van der Waals surface area (Å²) in [6.07, 6.45) is 3.76. The van der Waals surface area contributed by atoms with Gasteiger partial charge in [0.25, 0.3) is 5.91 Å². The lowest BCUT2D eigenvalue weighted by atomic mass is 10.2. The van der Waals surface area contributed by atoms with E-state index in [-0.39, 0.29) is 16.5 Å². The Bertz CT molecular complexity index is 839. The highest BCUT2D eigenvalue weighted by atomic mass is 35.5. The Morgan fingerprint density at radius 3 is 2.95 bits per heavy atom. The first-order valence-electron chi connectivity index (χ1n) is 6.79. The van der Waals surface area contributed by atoms with E-state index in [0.29, 0.717) is 13.1 Å². The van der Waals surface area contributed by atoms with E-state index in [0.717, 1.165) is 17.4 Å². The van der Waals surface area contributed by atoms with Crippen molar-refractivity contribution in [1.82, 2.24) is 19.5 Å². The van der Waals surface area contributed by atoms with Crippen molar-refractivity contribution in [2.24, 2.45) is 0 Å². The monoisotopic (exact) mass is 320 g/mol. The number of rotatable bonds is 4. The molecular formula is C15H14ClFN4O. The molecule has 22 heavy (non-hydrogen) atoms. The summed E-state index contributed by atoms with van der Waals surface area (Å²) in [5, 5.41) is 7.18. The molecule has 0 saturated heterocycles. The Morgan fingerprint density at radius 2 is 2.18 bits per heavy atom. The standard InChI is InChI=1S/C15H14ClFN4O/c1-10-8-14-20(6-7-21(14)19-10)5-4-18-15(22)12-3-2-11(17)9-13(12)16/h2-3,6-9H,4-5H2,1H3,(H,18,22). The van der Waals surface area contributed by atoms with Crippen LogP contribution in [0.15, 0.2) is 36.7 Å². The Balaban J connectivity index is 1.64. The van der Waals surface area contributed by atoms with Gasteiger partial charge in [0.15, 0.2) is 0 Å². The SMILES string of the molecule is Cc1cc2n(CCNC(=O)c3ccc(F)cc3Cl)ccn2n1. The number of hydrogen-bond donors (Lipinski definition) is 1. The molecule has 3 aromatic rings. The zero-order valence-corrected chi connectivity index (χ0v) is 12.6. The number of carbonyl (C=O) groups is 1. The molecule has 0 unspecified atom stereocenters. The second kappa shape index (κ2) is 5.81. The number of benzene rings is 1. The molecule has 0 saturated carbocycles. The summed E-state index contributed by atoms with van der Waals surface area (Å²) >= 11 is 5.87. The number of amides is 1. The van der Waals surface area contributed by atoms with Crippen LogP contribution in [0.2, 0.25) is 5.02 Å². The van der Waals surface area contributed by atoms with E-state index in [1.807, 2.05) is 30.0 Å². The van der Waals surface area contributed by atoms with Crippen molar-refractivity contribution in [3.63, 3.8) is 0 Å². The number of imidazole rings is 1. The minimum Gasteiger partial charge on any atom is -0.350 e. The molecule has 1 N–H and O–H groups in total. The maximum absolute atomic E-state index is 13.0. The van der Waals surface area contributed by atoms with Gasteiger partial charge in [0, 0.05) is 31.5 Å². The fourth-order valence-electron chi connectivity index (χ4n) is 2.30. The first-order chi connectivity index (χ1) is 10.5. The van der Waals surface area contributed by atoms with Crippen molar-refractivity contribution in [3.05, 3.63) is 58.8 Å². The minimum absolute atomic E-state index is 0.104. The van der Waals surface area contributed by atoms with E-state index in [2.05, 4.69) is 10.4 Å². The molecule has 0 fully saturated rings. The molecule has 0 atom stereocenters. The van der Waals surface area contributed by atoms with Crippen LogP contribution in [0.25, 0.3) is 5.65 Å². The summed E-state index contributed by atoms with van der Waals surface area (Å²) in [4.78, 5) is 12.0. The molecule has 0 aliphatic rings. The van der Waals surface area contributed by atoms with E-state index in [1.165, 1.54) is 12.1 Å². The highest BCUT2D eigenvalue weighted by molar-refractivity contribution is 6.33. The van der Waals surface area contributed by atoms with Gasteiger partial charge in [-0.15, -0.1) is 0 Å². The quantitative estimate of drug-likeness (QED) is 0.803. The van der Waals surface area contributed by atoms with E-state index in [9.17, 15) is 9.18 Å². The van der Waals surface area contributed by atoms with Gasteiger partial charge in [0.05, 0.1) is 16.3 Å². The molecular weight excluding hydrogens is 307 g/mol. The van der Waals surface area contributed by atoms with Crippen LogP contribution >= 0.6 is 11.6 Å². The Morgan fingerprint density at radius 1 is 1.36 bits per heavy atom. The van der Waals surface area contributed by atoms with Crippen LogP contribution in [-0.4, -0.2) is 26.6 Å². The predicted molar refractivity (Wildman–Crippen MR) is 81.7 cm³/mol. The van der Waals surface area contributed by atoms with Crippen molar-refractivity contribution in [2.75, 3.05) is 6.54 Å². The lowest BCUT2D eigenvalue weighted by Gasteiger charge is -2.08. The number of aromatic nitrogens is 3. The van der Waals surface area contributed by atoms with Crippen LogP contribution < -0.4 is 5.32 Å². The second-order valence-electron chi connectivity index (χ2n) is 4.96. The number of nitrogens with one attached hydrogen (secondary N) is 1. The van der Waals surface area contributed by atoms with Gasteiger partial charge in [-0.25, -0.2) is 8.91 Å². The zero-order chi connectivity index (χ0) is 15.7. The molecule has 0 spiro atoms. The van der Waals surface area contributed by atoms with E-state index < -0.39 is 5.82 Å². The van der Waals surface area contributed by atoms with Crippen LogP contribution in [0.3, 0.4) is 0 Å². The third kappa shape index (κ3) is 2.82. The van der Waals surface area contributed by atoms with Crippen LogP contribution in [-0.2, 0) is 6.54 Å². The number of halogens is 2. The maximum atomic E-state index is 13.0. The Kier molecular flexibility index (Phi) is 3.85. The largest absolute Gasteiger partial charge is 0.350 e. The third-order valence-electron chi connectivity index (χ3n) is 3.33. The highest BCUT2D eigenvalue weighted by Gasteiger charge is 2.11. The zero-order valence-electron chi connectivity index (χ0n) is 11.9. The molecule has 5 nitrogen and oxygen atoms in total. The number of hydrogen-bond acceptors (Lipinski definition) is 2. The lowest BCUT2D eigenvalue weighted by molar-refractivity contribution is 0.0952. The van der Waals surface area contributed by atoms with Gasteiger partial charge in [-0.1, -0.05) is 11.6 Å². The third-order valence-corrected chi connectivity index (χ3v) is 3.65. The first-order valence-corrected chi connectivity index (χ1v) is 7.17. The summed E-state index contributed by atoms with van der Waals surface area (Å²) in [6, 6.07) is 5.69. The van der Waals surface area contributed by atoms with Crippen LogP contribution in [0.5, 0.6) is 0 Å². The summed E-state index contributed by atoms with van der Waals surface area (Å²) in [7, 11) is 0. The van der Waals surface area contributed by atoms with Gasteiger partial charge in [0.2, 0.25) is 0 Å². The number of fused-ring (bicyclic) bond motifs is 1. The molecule has 0 radical (unpaired) electrons. The average Bonchev–Trinajstić information content (AvgIpc) is 2.99.